The van der Waals surface area contributed by atoms with E-state index < -0.39 is 30.0 Å². The van der Waals surface area contributed by atoms with Crippen LogP contribution in [-0.2, 0) is 30.4 Å². The zero-order valence-electron chi connectivity index (χ0n) is 18.6. The number of benzene rings is 1. The van der Waals surface area contributed by atoms with Crippen molar-refractivity contribution in [2.45, 2.75) is 26.4 Å². The molecule has 0 aliphatic carbocycles. The molecule has 10 heteroatoms. The Morgan fingerprint density at radius 2 is 1.73 bits per heavy atom. The van der Waals surface area contributed by atoms with Crippen LogP contribution in [0.4, 0.5) is 10.5 Å². The van der Waals surface area contributed by atoms with Gasteiger partial charge in [-0.25, -0.2) is 14.4 Å². The molecule has 2 aromatic rings. The summed E-state index contributed by atoms with van der Waals surface area (Å²) in [5.41, 5.74) is 0.785. The Bertz CT molecular complexity index is 1090. The van der Waals surface area contributed by atoms with Gasteiger partial charge in [0.15, 0.2) is 6.04 Å². The smallest absolute Gasteiger partial charge is 0.411 e. The Morgan fingerprint density at radius 3 is 2.33 bits per heavy atom. The first-order valence-corrected chi connectivity index (χ1v) is 10.4. The summed E-state index contributed by atoms with van der Waals surface area (Å²) < 4.78 is 11.7. The third-order valence-electron chi connectivity index (χ3n) is 5.11. The zero-order valence-corrected chi connectivity index (χ0v) is 18.6. The number of carboxylic acid groups (broad SMARTS) is 1. The van der Waals surface area contributed by atoms with Crippen LogP contribution in [0.3, 0.4) is 0 Å². The number of nitrogens with zero attached hydrogens (tertiary/aromatic N) is 3. The number of ether oxygens (including phenoxy) is 2. The van der Waals surface area contributed by atoms with Crippen molar-refractivity contribution in [3.8, 4) is 0 Å². The first kappa shape index (κ1) is 23.6. The summed E-state index contributed by atoms with van der Waals surface area (Å²) >= 11 is 0. The largest absolute Gasteiger partial charge is 0.465 e. The number of anilines is 1. The second kappa shape index (κ2) is 10.0. The predicted octanol–water partition coefficient (Wildman–Crippen LogP) is 2.35. The Kier molecular flexibility index (Phi) is 7.17. The third-order valence-corrected chi connectivity index (χ3v) is 5.11. The molecule has 10 nitrogen and oxygen atoms in total. The Hall–Kier alpha value is -4.08. The van der Waals surface area contributed by atoms with E-state index in [1.807, 2.05) is 6.07 Å². The average Bonchev–Trinajstić information content (AvgIpc) is 3.37. The molecule has 1 aromatic carbocycles. The first-order valence-electron chi connectivity index (χ1n) is 10.4. The minimum Gasteiger partial charge on any atom is -0.465 e. The van der Waals surface area contributed by atoms with Crippen LogP contribution in [0.5, 0.6) is 0 Å². The van der Waals surface area contributed by atoms with Gasteiger partial charge in [0.1, 0.15) is 11.3 Å². The number of rotatable bonds is 8. The van der Waals surface area contributed by atoms with Crippen molar-refractivity contribution in [3.63, 3.8) is 0 Å². The molecular formula is C23H25N3O7. The fourth-order valence-corrected chi connectivity index (χ4v) is 3.56. The lowest BCUT2D eigenvalue weighted by atomic mass is 10.1. The summed E-state index contributed by atoms with van der Waals surface area (Å²) in [6, 6.07) is 9.20. The summed E-state index contributed by atoms with van der Waals surface area (Å²) in [6.07, 6.45) is 1.66. The summed E-state index contributed by atoms with van der Waals surface area (Å²) in [6.45, 7) is 3.40. The van der Waals surface area contributed by atoms with E-state index in [1.54, 1.807) is 38.1 Å². The number of carbonyl (C=O) groups excluding carboxylic acids is 3. The van der Waals surface area contributed by atoms with Crippen molar-refractivity contribution in [2.24, 2.45) is 0 Å². The second-order valence-corrected chi connectivity index (χ2v) is 7.17. The molecule has 3 rings (SSSR count). The number of carbonyl (C=O) groups is 4. The molecule has 0 fully saturated rings. The number of hydrogen-bond acceptors (Lipinski definition) is 6. The molecule has 2 amide bonds. The maximum Gasteiger partial charge on any atom is 0.411 e. The molecule has 33 heavy (non-hydrogen) atoms. The number of aromatic nitrogens is 1. The lowest BCUT2D eigenvalue weighted by molar-refractivity contribution is -0.153. The molecule has 0 radical (unpaired) electrons. The molecule has 1 aliphatic rings. The van der Waals surface area contributed by atoms with Crippen LogP contribution in [0.25, 0.3) is 5.70 Å². The van der Waals surface area contributed by atoms with E-state index in [4.69, 9.17) is 9.47 Å². The summed E-state index contributed by atoms with van der Waals surface area (Å²) in [5, 5.41) is 9.25. The quantitative estimate of drug-likeness (QED) is 0.607. The lowest BCUT2D eigenvalue weighted by Crippen LogP contribution is -2.43. The van der Waals surface area contributed by atoms with Gasteiger partial charge in [-0.05, 0) is 25.5 Å². The Labute approximate surface area is 190 Å². The van der Waals surface area contributed by atoms with E-state index >= 15 is 0 Å². The van der Waals surface area contributed by atoms with Gasteiger partial charge in [-0.15, -0.1) is 0 Å². The molecule has 0 saturated heterocycles. The maximum absolute atomic E-state index is 13.6. The molecular weight excluding hydrogens is 430 g/mol. The molecule has 1 atom stereocenters. The number of amides is 2. The fourth-order valence-electron chi connectivity index (χ4n) is 3.56. The van der Waals surface area contributed by atoms with Gasteiger partial charge in [-0.1, -0.05) is 30.3 Å². The highest BCUT2D eigenvalue weighted by atomic mass is 16.5. The van der Waals surface area contributed by atoms with Crippen LogP contribution in [0.15, 0.2) is 54.4 Å². The van der Waals surface area contributed by atoms with Crippen LogP contribution in [0, 0.1) is 0 Å². The standard InChI is InChI=1S/C23H25N3O7/c1-4-32-21(28)17-18(25-12-11-16(14-25)24(3)23(30)31)20(27)26(19(17)22(29)33-5-2)13-15-9-7-6-8-10-15/h6-12,14,19H,4-5,13H2,1-3H3,(H,30,31). The molecule has 0 spiro atoms. The summed E-state index contributed by atoms with van der Waals surface area (Å²) in [5.74, 6) is -2.16. The molecule has 1 N–H and O–H groups in total. The van der Waals surface area contributed by atoms with E-state index in [0.29, 0.717) is 0 Å². The second-order valence-electron chi connectivity index (χ2n) is 7.17. The average molecular weight is 455 g/mol. The van der Waals surface area contributed by atoms with Crippen LogP contribution in [-0.4, -0.2) is 64.8 Å². The van der Waals surface area contributed by atoms with Crippen molar-refractivity contribution in [3.05, 3.63) is 59.9 Å². The van der Waals surface area contributed by atoms with Crippen molar-refractivity contribution >= 4 is 35.3 Å². The van der Waals surface area contributed by atoms with Crippen LogP contribution >= 0.6 is 0 Å². The summed E-state index contributed by atoms with van der Waals surface area (Å²) in [4.78, 5) is 53.0. The van der Waals surface area contributed by atoms with Crippen molar-refractivity contribution in [2.75, 3.05) is 25.2 Å². The molecule has 1 aliphatic heterocycles. The van der Waals surface area contributed by atoms with Gasteiger partial charge in [0, 0.05) is 26.0 Å². The predicted molar refractivity (Wildman–Crippen MR) is 118 cm³/mol. The van der Waals surface area contributed by atoms with E-state index in [1.165, 1.54) is 35.0 Å². The van der Waals surface area contributed by atoms with Gasteiger partial charge < -0.3 is 24.0 Å². The van der Waals surface area contributed by atoms with Gasteiger partial charge >= 0.3 is 18.0 Å². The van der Waals surface area contributed by atoms with Crippen LogP contribution in [0.1, 0.15) is 19.4 Å². The minimum atomic E-state index is -1.31. The van der Waals surface area contributed by atoms with Crippen molar-refractivity contribution in [1.82, 2.24) is 9.47 Å². The van der Waals surface area contributed by atoms with Crippen molar-refractivity contribution < 1.29 is 33.8 Å². The first-order chi connectivity index (χ1) is 15.8. The van der Waals surface area contributed by atoms with Crippen LogP contribution < -0.4 is 4.90 Å². The third kappa shape index (κ3) is 4.74. The van der Waals surface area contributed by atoms with E-state index in [2.05, 4.69) is 0 Å². The number of esters is 2. The monoisotopic (exact) mass is 455 g/mol. The summed E-state index contributed by atoms with van der Waals surface area (Å²) in [7, 11) is 1.35. The van der Waals surface area contributed by atoms with E-state index in [9.17, 15) is 24.3 Å². The van der Waals surface area contributed by atoms with Crippen molar-refractivity contribution in [1.29, 1.82) is 0 Å². The Morgan fingerprint density at radius 1 is 1.06 bits per heavy atom. The highest BCUT2D eigenvalue weighted by Gasteiger charge is 2.48. The lowest BCUT2D eigenvalue weighted by Gasteiger charge is -2.24. The van der Waals surface area contributed by atoms with Gasteiger partial charge in [0.25, 0.3) is 5.91 Å². The van der Waals surface area contributed by atoms with Gasteiger partial charge in [0.2, 0.25) is 0 Å². The number of hydrogen-bond donors (Lipinski definition) is 1. The Balaban J connectivity index is 2.14. The molecule has 2 heterocycles. The maximum atomic E-state index is 13.6. The van der Waals surface area contributed by atoms with E-state index in [-0.39, 0.29) is 36.7 Å². The van der Waals surface area contributed by atoms with Gasteiger partial charge in [-0.3, -0.25) is 9.69 Å². The molecule has 0 bridgehead atoms. The SMILES string of the molecule is CCOC(=O)C1=C(n2ccc(N(C)C(=O)O)c2)C(=O)N(Cc2ccccc2)C1C(=O)OCC. The fraction of sp³-hybridized carbons (Fsp3) is 0.304. The molecule has 0 saturated carbocycles. The highest BCUT2D eigenvalue weighted by Crippen LogP contribution is 2.34. The zero-order chi connectivity index (χ0) is 24.1. The van der Waals surface area contributed by atoms with Gasteiger partial charge in [-0.2, -0.15) is 0 Å². The van der Waals surface area contributed by atoms with Crippen LogP contribution in [0.2, 0.25) is 0 Å². The van der Waals surface area contributed by atoms with Gasteiger partial charge in [0.05, 0.1) is 18.9 Å². The molecule has 174 valence electrons. The topological polar surface area (TPSA) is 118 Å². The van der Waals surface area contributed by atoms with E-state index in [0.717, 1.165) is 10.5 Å². The normalized spacial score (nSPS) is 15.5. The minimum absolute atomic E-state index is 0.0384. The molecule has 1 aromatic heterocycles. The molecule has 1 unspecified atom stereocenters. The highest BCUT2D eigenvalue weighted by molar-refractivity contribution is 6.26.